The van der Waals surface area contributed by atoms with Crippen molar-refractivity contribution in [2.24, 2.45) is 5.73 Å². The molecule has 0 saturated carbocycles. The van der Waals surface area contributed by atoms with Gasteiger partial charge in [-0.15, -0.1) is 12.4 Å². The molecule has 116 valence electrons. The number of nitrogens with two attached hydrogens (primary N) is 1. The van der Waals surface area contributed by atoms with Crippen LogP contribution in [-0.4, -0.2) is 37.8 Å². The molecule has 2 atom stereocenters. The zero-order valence-electron chi connectivity index (χ0n) is 11.5. The number of rotatable bonds is 2. The Balaban J connectivity index is 0.00000161. The first kappa shape index (κ1) is 16.0. The van der Waals surface area contributed by atoms with Gasteiger partial charge in [0.05, 0.1) is 18.3 Å². The highest BCUT2D eigenvalue weighted by atomic mass is 35.5. The Labute approximate surface area is 128 Å². The summed E-state index contributed by atoms with van der Waals surface area (Å²) in [4.78, 5) is 14.1. The number of benzene rings is 1. The van der Waals surface area contributed by atoms with E-state index in [0.29, 0.717) is 37.6 Å². The first-order valence-electron chi connectivity index (χ1n) is 6.78. The van der Waals surface area contributed by atoms with Crippen molar-refractivity contribution in [2.75, 3.05) is 24.6 Å². The van der Waals surface area contributed by atoms with Gasteiger partial charge in [0.15, 0.2) is 0 Å². The van der Waals surface area contributed by atoms with Crippen molar-refractivity contribution in [3.63, 3.8) is 0 Å². The fourth-order valence-corrected chi connectivity index (χ4v) is 2.66. The van der Waals surface area contributed by atoms with Gasteiger partial charge in [0, 0.05) is 12.6 Å². The van der Waals surface area contributed by atoms with Crippen molar-refractivity contribution in [2.45, 2.75) is 25.0 Å². The number of hydrogen-bond donors (Lipinski definition) is 1. The summed E-state index contributed by atoms with van der Waals surface area (Å²) in [6.07, 6.45) is 0.972. The summed E-state index contributed by atoms with van der Waals surface area (Å²) in [5.74, 6) is -0.0755. The summed E-state index contributed by atoms with van der Waals surface area (Å²) in [6.45, 7) is 1.23. The van der Waals surface area contributed by atoms with Gasteiger partial charge in [-0.2, -0.15) is 0 Å². The molecule has 2 aliphatic rings. The molecule has 0 spiro atoms. The van der Waals surface area contributed by atoms with E-state index in [9.17, 15) is 9.18 Å². The Morgan fingerprint density at radius 2 is 2.24 bits per heavy atom. The quantitative estimate of drug-likeness (QED) is 0.897. The highest BCUT2D eigenvalue weighted by Gasteiger charge is 2.35. The monoisotopic (exact) mass is 316 g/mol. The molecule has 2 aliphatic heterocycles. The topological polar surface area (TPSA) is 64.8 Å². The number of halogens is 2. The van der Waals surface area contributed by atoms with E-state index in [-0.39, 0.29) is 30.2 Å². The standard InChI is InChI=1S/C14H17FN2O3.ClH/c15-9-1-3-11-13(7-9)19-6-5-17(11)14(18)12-4-2-10(8-16)20-12;/h1,3,7,10,12H,2,4-6,8,16H2;1H/t10-,12+;/m1./s1. The number of amides is 1. The van der Waals surface area contributed by atoms with Gasteiger partial charge in [-0.05, 0) is 25.0 Å². The molecule has 1 saturated heterocycles. The van der Waals surface area contributed by atoms with E-state index in [2.05, 4.69) is 0 Å². The second kappa shape index (κ2) is 6.60. The highest BCUT2D eigenvalue weighted by molar-refractivity contribution is 5.98. The lowest BCUT2D eigenvalue weighted by molar-refractivity contribution is -0.129. The summed E-state index contributed by atoms with van der Waals surface area (Å²) >= 11 is 0. The van der Waals surface area contributed by atoms with Crippen LogP contribution in [0.15, 0.2) is 18.2 Å². The van der Waals surface area contributed by atoms with Crippen molar-refractivity contribution in [1.82, 2.24) is 0 Å². The fraction of sp³-hybridized carbons (Fsp3) is 0.500. The molecule has 0 radical (unpaired) electrons. The molecule has 0 unspecified atom stereocenters. The van der Waals surface area contributed by atoms with Crippen LogP contribution in [0.5, 0.6) is 5.75 Å². The van der Waals surface area contributed by atoms with Crippen LogP contribution in [0.2, 0.25) is 0 Å². The van der Waals surface area contributed by atoms with Crippen molar-refractivity contribution in [1.29, 1.82) is 0 Å². The van der Waals surface area contributed by atoms with E-state index >= 15 is 0 Å². The van der Waals surface area contributed by atoms with Gasteiger partial charge in [-0.3, -0.25) is 4.79 Å². The molecule has 1 amide bonds. The lowest BCUT2D eigenvalue weighted by Gasteiger charge is -2.31. The van der Waals surface area contributed by atoms with Crippen LogP contribution in [0, 0.1) is 5.82 Å². The Morgan fingerprint density at radius 3 is 2.95 bits per heavy atom. The number of fused-ring (bicyclic) bond motifs is 1. The Hall–Kier alpha value is -1.37. The van der Waals surface area contributed by atoms with Gasteiger partial charge in [-0.1, -0.05) is 0 Å². The fourth-order valence-electron chi connectivity index (χ4n) is 2.66. The number of carbonyl (C=O) groups excluding carboxylic acids is 1. The predicted molar refractivity (Wildman–Crippen MR) is 78.4 cm³/mol. The second-order valence-corrected chi connectivity index (χ2v) is 5.01. The lowest BCUT2D eigenvalue weighted by Crippen LogP contribution is -2.44. The Morgan fingerprint density at radius 1 is 1.43 bits per heavy atom. The summed E-state index contributed by atoms with van der Waals surface area (Å²) in [7, 11) is 0. The molecule has 0 aromatic heterocycles. The van der Waals surface area contributed by atoms with Gasteiger partial charge >= 0.3 is 0 Å². The largest absolute Gasteiger partial charge is 0.489 e. The van der Waals surface area contributed by atoms with Crippen LogP contribution in [0.25, 0.3) is 0 Å². The molecule has 1 aromatic rings. The molecule has 2 N–H and O–H groups in total. The van der Waals surface area contributed by atoms with Crippen molar-refractivity contribution in [3.8, 4) is 5.75 Å². The number of nitrogens with zero attached hydrogens (tertiary/aromatic N) is 1. The normalized spacial score (nSPS) is 24.0. The number of hydrogen-bond acceptors (Lipinski definition) is 4. The maximum absolute atomic E-state index is 13.2. The van der Waals surface area contributed by atoms with Crippen LogP contribution in [-0.2, 0) is 9.53 Å². The Bertz CT molecular complexity index is 529. The average molecular weight is 317 g/mol. The summed E-state index contributed by atoms with van der Waals surface area (Å²) in [6, 6.07) is 4.19. The average Bonchev–Trinajstić information content (AvgIpc) is 2.94. The summed E-state index contributed by atoms with van der Waals surface area (Å²) < 4.78 is 24.2. The van der Waals surface area contributed by atoms with Gasteiger partial charge in [0.2, 0.25) is 0 Å². The third-order valence-corrected chi connectivity index (χ3v) is 3.70. The minimum absolute atomic E-state index is 0. The number of ether oxygens (including phenoxy) is 2. The number of anilines is 1. The maximum Gasteiger partial charge on any atom is 0.256 e. The molecule has 0 bridgehead atoms. The second-order valence-electron chi connectivity index (χ2n) is 5.01. The molecular formula is C14H18ClFN2O3. The molecule has 1 fully saturated rings. The van der Waals surface area contributed by atoms with E-state index in [0.717, 1.165) is 6.42 Å². The van der Waals surface area contributed by atoms with Gasteiger partial charge in [0.1, 0.15) is 24.3 Å². The number of carbonyl (C=O) groups is 1. The SMILES string of the molecule is Cl.NC[C@H]1CC[C@@H](C(=O)N2CCOc3cc(F)ccc32)O1. The minimum Gasteiger partial charge on any atom is -0.489 e. The summed E-state index contributed by atoms with van der Waals surface area (Å²) in [5, 5.41) is 0. The molecule has 3 rings (SSSR count). The van der Waals surface area contributed by atoms with Crippen LogP contribution in [0.1, 0.15) is 12.8 Å². The van der Waals surface area contributed by atoms with Gasteiger partial charge in [-0.25, -0.2) is 4.39 Å². The van der Waals surface area contributed by atoms with Crippen LogP contribution >= 0.6 is 12.4 Å². The highest BCUT2D eigenvalue weighted by Crippen LogP contribution is 2.33. The summed E-state index contributed by atoms with van der Waals surface area (Å²) in [5.41, 5.74) is 6.16. The van der Waals surface area contributed by atoms with Crippen LogP contribution < -0.4 is 15.4 Å². The van der Waals surface area contributed by atoms with Crippen molar-refractivity contribution >= 4 is 24.0 Å². The smallest absolute Gasteiger partial charge is 0.256 e. The first-order valence-corrected chi connectivity index (χ1v) is 6.78. The molecule has 1 aromatic carbocycles. The van der Waals surface area contributed by atoms with Crippen LogP contribution in [0.4, 0.5) is 10.1 Å². The third kappa shape index (κ3) is 3.12. The van der Waals surface area contributed by atoms with Crippen LogP contribution in [0.3, 0.4) is 0 Å². The van der Waals surface area contributed by atoms with Crippen molar-refractivity contribution in [3.05, 3.63) is 24.0 Å². The van der Waals surface area contributed by atoms with Gasteiger partial charge < -0.3 is 20.1 Å². The van der Waals surface area contributed by atoms with Crippen molar-refractivity contribution < 1.29 is 18.7 Å². The molecule has 7 heteroatoms. The van der Waals surface area contributed by atoms with E-state index < -0.39 is 6.10 Å². The predicted octanol–water partition coefficient (Wildman–Crippen LogP) is 1.48. The zero-order valence-corrected chi connectivity index (χ0v) is 12.3. The van der Waals surface area contributed by atoms with E-state index in [1.165, 1.54) is 12.1 Å². The molecule has 5 nitrogen and oxygen atoms in total. The van der Waals surface area contributed by atoms with E-state index in [1.807, 2.05) is 0 Å². The molecule has 2 heterocycles. The first-order chi connectivity index (χ1) is 9.69. The van der Waals surface area contributed by atoms with E-state index in [4.69, 9.17) is 15.2 Å². The maximum atomic E-state index is 13.2. The zero-order chi connectivity index (χ0) is 14.1. The van der Waals surface area contributed by atoms with Gasteiger partial charge in [0.25, 0.3) is 5.91 Å². The lowest BCUT2D eigenvalue weighted by atomic mass is 10.1. The Kier molecular flexibility index (Phi) is 5.03. The van der Waals surface area contributed by atoms with E-state index in [1.54, 1.807) is 11.0 Å². The minimum atomic E-state index is -0.459. The molecule has 0 aliphatic carbocycles. The third-order valence-electron chi connectivity index (χ3n) is 3.70. The molecule has 21 heavy (non-hydrogen) atoms. The molecular weight excluding hydrogens is 299 g/mol.